The zero-order valence-corrected chi connectivity index (χ0v) is 9.99. The number of para-hydroxylation sites is 1. The van der Waals surface area contributed by atoms with Crippen LogP contribution in [0.5, 0.6) is 5.75 Å². The summed E-state index contributed by atoms with van der Waals surface area (Å²) in [5.74, 6) is 0.836. The minimum absolute atomic E-state index is 0.0637. The van der Waals surface area contributed by atoms with Crippen LogP contribution in [0, 0.1) is 0 Å². The number of fused-ring (bicyclic) bond motifs is 1. The molecule has 3 nitrogen and oxygen atoms in total. The molecule has 1 aromatic carbocycles. The highest BCUT2D eigenvalue weighted by atomic mass is 16.5. The van der Waals surface area contributed by atoms with Crippen molar-refractivity contribution in [2.45, 2.75) is 31.8 Å². The van der Waals surface area contributed by atoms with Crippen molar-refractivity contribution < 1.29 is 14.3 Å². The van der Waals surface area contributed by atoms with Gasteiger partial charge in [-0.3, -0.25) is 4.79 Å². The minimum atomic E-state index is -0.652. The summed E-state index contributed by atoms with van der Waals surface area (Å²) >= 11 is 0. The Labute approximate surface area is 101 Å². The standard InChI is InChI=1S/C14H16O3/c1-14(7-3-8-17-14)13(15)11-5-2-4-10-6-9-16-12(10)11/h2,4-5H,3,6-9H2,1H3. The second kappa shape index (κ2) is 3.84. The van der Waals surface area contributed by atoms with Crippen LogP contribution < -0.4 is 4.74 Å². The van der Waals surface area contributed by atoms with E-state index in [9.17, 15) is 4.79 Å². The third kappa shape index (κ3) is 1.65. The van der Waals surface area contributed by atoms with Gasteiger partial charge >= 0.3 is 0 Å². The SMILES string of the molecule is CC1(C(=O)c2cccc3c2OCC3)CCCO1. The third-order valence-corrected chi connectivity index (χ3v) is 3.66. The Morgan fingerprint density at radius 3 is 3.00 bits per heavy atom. The first-order valence-corrected chi connectivity index (χ1v) is 6.14. The molecule has 0 aromatic heterocycles. The molecule has 0 radical (unpaired) electrons. The number of Topliss-reactive ketones (excluding diaryl/α,β-unsaturated/α-hetero) is 1. The maximum atomic E-state index is 12.5. The molecule has 1 saturated heterocycles. The van der Waals surface area contributed by atoms with Gasteiger partial charge in [0.2, 0.25) is 0 Å². The van der Waals surface area contributed by atoms with Gasteiger partial charge in [-0.2, -0.15) is 0 Å². The highest BCUT2D eigenvalue weighted by Crippen LogP contribution is 2.35. The summed E-state index contributed by atoms with van der Waals surface area (Å²) in [6.45, 7) is 3.24. The lowest BCUT2D eigenvalue weighted by molar-refractivity contribution is 0.0211. The molecule has 1 fully saturated rings. The van der Waals surface area contributed by atoms with Crippen LogP contribution in [0.2, 0.25) is 0 Å². The lowest BCUT2D eigenvalue weighted by Gasteiger charge is -2.22. The topological polar surface area (TPSA) is 35.5 Å². The maximum absolute atomic E-state index is 12.5. The van der Waals surface area contributed by atoms with E-state index in [-0.39, 0.29) is 5.78 Å². The van der Waals surface area contributed by atoms with Crippen molar-refractivity contribution in [1.82, 2.24) is 0 Å². The molecule has 3 heteroatoms. The van der Waals surface area contributed by atoms with E-state index in [0.29, 0.717) is 18.8 Å². The van der Waals surface area contributed by atoms with Crippen LogP contribution >= 0.6 is 0 Å². The molecule has 1 atom stereocenters. The molecule has 1 aromatic rings. The van der Waals surface area contributed by atoms with Gasteiger partial charge in [0, 0.05) is 13.0 Å². The molecule has 2 aliphatic heterocycles. The summed E-state index contributed by atoms with van der Waals surface area (Å²) in [5, 5.41) is 0. The number of hydrogen-bond donors (Lipinski definition) is 0. The van der Waals surface area contributed by atoms with E-state index < -0.39 is 5.60 Å². The van der Waals surface area contributed by atoms with Gasteiger partial charge in [-0.15, -0.1) is 0 Å². The number of ether oxygens (including phenoxy) is 2. The summed E-state index contributed by atoms with van der Waals surface area (Å²) in [6.07, 6.45) is 2.65. The molecule has 0 N–H and O–H groups in total. The lowest BCUT2D eigenvalue weighted by atomic mass is 9.90. The maximum Gasteiger partial charge on any atom is 0.198 e. The molecule has 0 spiro atoms. The Hall–Kier alpha value is -1.35. The van der Waals surface area contributed by atoms with Crippen molar-refractivity contribution in [1.29, 1.82) is 0 Å². The zero-order valence-electron chi connectivity index (χ0n) is 9.99. The highest BCUT2D eigenvalue weighted by Gasteiger charge is 2.40. The van der Waals surface area contributed by atoms with E-state index >= 15 is 0 Å². The summed E-state index contributed by atoms with van der Waals surface area (Å²) in [4.78, 5) is 12.5. The van der Waals surface area contributed by atoms with Crippen LogP contribution in [0.4, 0.5) is 0 Å². The molecule has 1 unspecified atom stereocenters. The van der Waals surface area contributed by atoms with Crippen molar-refractivity contribution in [3.8, 4) is 5.75 Å². The number of benzene rings is 1. The van der Waals surface area contributed by atoms with Crippen LogP contribution in [-0.2, 0) is 11.2 Å². The minimum Gasteiger partial charge on any atom is -0.492 e. The number of ketones is 1. The second-order valence-electron chi connectivity index (χ2n) is 4.90. The molecule has 17 heavy (non-hydrogen) atoms. The van der Waals surface area contributed by atoms with E-state index in [0.717, 1.165) is 30.6 Å². The number of carbonyl (C=O) groups is 1. The fourth-order valence-electron chi connectivity index (χ4n) is 2.64. The van der Waals surface area contributed by atoms with Crippen LogP contribution in [0.25, 0.3) is 0 Å². The Morgan fingerprint density at radius 1 is 1.35 bits per heavy atom. The predicted octanol–water partition coefficient (Wildman–Crippen LogP) is 2.37. The first kappa shape index (κ1) is 10.8. The Morgan fingerprint density at radius 2 is 2.24 bits per heavy atom. The molecule has 2 heterocycles. The molecule has 90 valence electrons. The van der Waals surface area contributed by atoms with Gasteiger partial charge in [-0.05, 0) is 31.4 Å². The first-order chi connectivity index (χ1) is 8.21. The Bertz CT molecular complexity index is 459. The van der Waals surface area contributed by atoms with Crippen LogP contribution in [0.15, 0.2) is 18.2 Å². The first-order valence-electron chi connectivity index (χ1n) is 6.14. The number of hydrogen-bond acceptors (Lipinski definition) is 3. The van der Waals surface area contributed by atoms with Crippen LogP contribution in [0.3, 0.4) is 0 Å². The molecule has 2 aliphatic rings. The average Bonchev–Trinajstić information content (AvgIpc) is 2.96. The molecule has 0 bridgehead atoms. The monoisotopic (exact) mass is 232 g/mol. The van der Waals surface area contributed by atoms with Gasteiger partial charge in [0.05, 0.1) is 12.2 Å². The lowest BCUT2D eigenvalue weighted by Crippen LogP contribution is -2.34. The molecule has 0 aliphatic carbocycles. The summed E-state index contributed by atoms with van der Waals surface area (Å²) in [7, 11) is 0. The van der Waals surface area contributed by atoms with E-state index in [1.165, 1.54) is 0 Å². The second-order valence-corrected chi connectivity index (χ2v) is 4.90. The zero-order chi connectivity index (χ0) is 11.9. The smallest absolute Gasteiger partial charge is 0.198 e. The van der Waals surface area contributed by atoms with Crippen LogP contribution in [-0.4, -0.2) is 24.6 Å². The fourth-order valence-corrected chi connectivity index (χ4v) is 2.64. The summed E-state index contributed by atoms with van der Waals surface area (Å²) in [5.41, 5.74) is 1.17. The van der Waals surface area contributed by atoms with Gasteiger partial charge in [-0.1, -0.05) is 12.1 Å². The molecule has 3 rings (SSSR count). The van der Waals surface area contributed by atoms with Crippen molar-refractivity contribution >= 4 is 5.78 Å². The molecular weight excluding hydrogens is 216 g/mol. The Kier molecular flexibility index (Phi) is 2.44. The van der Waals surface area contributed by atoms with Crippen molar-refractivity contribution in [3.63, 3.8) is 0 Å². The predicted molar refractivity (Wildman–Crippen MR) is 63.6 cm³/mol. The third-order valence-electron chi connectivity index (χ3n) is 3.66. The van der Waals surface area contributed by atoms with Gasteiger partial charge in [0.25, 0.3) is 0 Å². The number of rotatable bonds is 2. The van der Waals surface area contributed by atoms with Crippen molar-refractivity contribution in [3.05, 3.63) is 29.3 Å². The molecular formula is C14H16O3. The van der Waals surface area contributed by atoms with E-state index in [4.69, 9.17) is 9.47 Å². The van der Waals surface area contributed by atoms with E-state index in [1.54, 1.807) is 0 Å². The van der Waals surface area contributed by atoms with Gasteiger partial charge in [0.1, 0.15) is 11.4 Å². The van der Waals surface area contributed by atoms with Gasteiger partial charge < -0.3 is 9.47 Å². The highest BCUT2D eigenvalue weighted by molar-refractivity contribution is 6.05. The quantitative estimate of drug-likeness (QED) is 0.734. The molecule has 0 amide bonds. The van der Waals surface area contributed by atoms with Crippen LogP contribution in [0.1, 0.15) is 35.7 Å². The van der Waals surface area contributed by atoms with Gasteiger partial charge in [0.15, 0.2) is 5.78 Å². The summed E-state index contributed by atoms with van der Waals surface area (Å²) in [6, 6.07) is 5.80. The summed E-state index contributed by atoms with van der Waals surface area (Å²) < 4.78 is 11.2. The number of carbonyl (C=O) groups excluding carboxylic acids is 1. The fraction of sp³-hybridized carbons (Fsp3) is 0.500. The van der Waals surface area contributed by atoms with E-state index in [1.807, 2.05) is 25.1 Å². The van der Waals surface area contributed by atoms with Gasteiger partial charge in [-0.25, -0.2) is 0 Å². The van der Waals surface area contributed by atoms with Crippen molar-refractivity contribution in [2.75, 3.05) is 13.2 Å². The van der Waals surface area contributed by atoms with Crippen molar-refractivity contribution in [2.24, 2.45) is 0 Å². The normalized spacial score (nSPS) is 26.6. The molecule has 0 saturated carbocycles. The largest absolute Gasteiger partial charge is 0.492 e. The Balaban J connectivity index is 1.99. The average molecular weight is 232 g/mol. The van der Waals surface area contributed by atoms with E-state index in [2.05, 4.69) is 0 Å².